The van der Waals surface area contributed by atoms with Crippen molar-refractivity contribution in [1.82, 2.24) is 15.5 Å². The van der Waals surface area contributed by atoms with E-state index in [-0.39, 0.29) is 11.9 Å². The predicted octanol–water partition coefficient (Wildman–Crippen LogP) is 2.53. The zero-order chi connectivity index (χ0) is 20.6. The highest BCUT2D eigenvalue weighted by Gasteiger charge is 2.25. The van der Waals surface area contributed by atoms with E-state index in [2.05, 4.69) is 46.7 Å². The van der Waals surface area contributed by atoms with E-state index < -0.39 is 0 Å². The molecule has 0 bridgehead atoms. The minimum absolute atomic E-state index is 0.0249. The molecule has 1 aliphatic rings. The van der Waals surface area contributed by atoms with Crippen molar-refractivity contribution in [2.24, 2.45) is 0 Å². The Hall–Kier alpha value is -2.57. The minimum Gasteiger partial charge on any atom is -0.493 e. The Labute approximate surface area is 173 Å². The highest BCUT2D eigenvalue weighted by molar-refractivity contribution is 5.78. The van der Waals surface area contributed by atoms with Crippen LogP contribution in [-0.2, 0) is 17.8 Å². The van der Waals surface area contributed by atoms with Gasteiger partial charge in [-0.15, -0.1) is 0 Å². The van der Waals surface area contributed by atoms with Crippen LogP contribution in [0.3, 0.4) is 0 Å². The van der Waals surface area contributed by atoms with E-state index in [0.717, 1.165) is 31.6 Å². The molecule has 0 radical (unpaired) electrons. The molecule has 6 nitrogen and oxygen atoms in total. The number of rotatable bonds is 8. The Morgan fingerprint density at radius 2 is 1.83 bits per heavy atom. The van der Waals surface area contributed by atoms with Crippen LogP contribution in [0.25, 0.3) is 0 Å². The Balaban J connectivity index is 1.59. The molecule has 156 valence electrons. The molecule has 0 aliphatic carbocycles. The number of aryl methyl sites for hydroxylation is 1. The standard InChI is InChI=1S/C23H31N3O3/c1-4-17-5-8-19(9-6-17)20-15-24-11-12-26(20)16-23(27)25-14-18-7-10-21(28-2)22(13-18)29-3/h5-10,13,20,24H,4,11-12,14-16H2,1-3H3,(H,25,27). The van der Waals surface area contributed by atoms with E-state index in [4.69, 9.17) is 9.47 Å². The summed E-state index contributed by atoms with van der Waals surface area (Å²) >= 11 is 0. The van der Waals surface area contributed by atoms with Gasteiger partial charge in [0, 0.05) is 32.2 Å². The molecule has 1 amide bonds. The largest absolute Gasteiger partial charge is 0.493 e. The van der Waals surface area contributed by atoms with Gasteiger partial charge in [-0.3, -0.25) is 9.69 Å². The lowest BCUT2D eigenvalue weighted by Crippen LogP contribution is -2.49. The molecule has 1 saturated heterocycles. The van der Waals surface area contributed by atoms with Gasteiger partial charge in [0.05, 0.1) is 20.8 Å². The Morgan fingerprint density at radius 3 is 2.52 bits per heavy atom. The molecular formula is C23H31N3O3. The summed E-state index contributed by atoms with van der Waals surface area (Å²) in [5.41, 5.74) is 3.56. The lowest BCUT2D eigenvalue weighted by molar-refractivity contribution is -0.123. The molecule has 0 aromatic heterocycles. The zero-order valence-electron chi connectivity index (χ0n) is 17.5. The van der Waals surface area contributed by atoms with Crippen molar-refractivity contribution < 1.29 is 14.3 Å². The third-order valence-electron chi connectivity index (χ3n) is 5.41. The van der Waals surface area contributed by atoms with Crippen LogP contribution in [0.5, 0.6) is 11.5 Å². The first kappa shape index (κ1) is 21.1. The van der Waals surface area contributed by atoms with Crippen molar-refractivity contribution in [2.45, 2.75) is 25.9 Å². The number of carbonyl (C=O) groups is 1. The molecule has 1 fully saturated rings. The number of nitrogens with zero attached hydrogens (tertiary/aromatic N) is 1. The van der Waals surface area contributed by atoms with Crippen LogP contribution >= 0.6 is 0 Å². The van der Waals surface area contributed by atoms with Crippen LogP contribution in [0, 0.1) is 0 Å². The van der Waals surface area contributed by atoms with Crippen molar-refractivity contribution in [3.63, 3.8) is 0 Å². The van der Waals surface area contributed by atoms with Crippen molar-refractivity contribution in [2.75, 3.05) is 40.4 Å². The second-order valence-electron chi connectivity index (χ2n) is 7.25. The second-order valence-corrected chi connectivity index (χ2v) is 7.25. The van der Waals surface area contributed by atoms with Crippen LogP contribution in [0.1, 0.15) is 29.7 Å². The van der Waals surface area contributed by atoms with Gasteiger partial charge in [-0.2, -0.15) is 0 Å². The number of hydrogen-bond acceptors (Lipinski definition) is 5. The number of ether oxygens (including phenoxy) is 2. The SMILES string of the molecule is CCc1ccc(C2CNCCN2CC(=O)NCc2ccc(OC)c(OC)c2)cc1. The molecule has 6 heteroatoms. The molecule has 29 heavy (non-hydrogen) atoms. The van der Waals surface area contributed by atoms with Crippen LogP contribution in [0.2, 0.25) is 0 Å². The fourth-order valence-corrected chi connectivity index (χ4v) is 3.67. The van der Waals surface area contributed by atoms with Gasteiger partial charge in [-0.1, -0.05) is 37.3 Å². The summed E-state index contributed by atoms with van der Waals surface area (Å²) in [7, 11) is 3.22. The predicted molar refractivity (Wildman–Crippen MR) is 114 cm³/mol. The highest BCUT2D eigenvalue weighted by Crippen LogP contribution is 2.27. The van der Waals surface area contributed by atoms with E-state index in [9.17, 15) is 4.79 Å². The third-order valence-corrected chi connectivity index (χ3v) is 5.41. The maximum Gasteiger partial charge on any atom is 0.234 e. The quantitative estimate of drug-likeness (QED) is 0.717. The fraction of sp³-hybridized carbons (Fsp3) is 0.435. The number of methoxy groups -OCH3 is 2. The molecule has 2 aromatic rings. The molecule has 3 rings (SSSR count). The van der Waals surface area contributed by atoms with E-state index in [1.54, 1.807) is 14.2 Å². The first-order valence-electron chi connectivity index (χ1n) is 10.2. The summed E-state index contributed by atoms with van der Waals surface area (Å²) in [6, 6.07) is 14.6. The van der Waals surface area contributed by atoms with Crippen molar-refractivity contribution >= 4 is 5.91 Å². The average molecular weight is 398 g/mol. The van der Waals surface area contributed by atoms with E-state index in [0.29, 0.717) is 24.6 Å². The van der Waals surface area contributed by atoms with Gasteiger partial charge >= 0.3 is 0 Å². The van der Waals surface area contributed by atoms with Gasteiger partial charge in [0.1, 0.15) is 0 Å². The molecule has 0 saturated carbocycles. The summed E-state index contributed by atoms with van der Waals surface area (Å²) in [6.45, 7) is 5.60. The van der Waals surface area contributed by atoms with Crippen LogP contribution in [0.4, 0.5) is 0 Å². The maximum absolute atomic E-state index is 12.6. The zero-order valence-corrected chi connectivity index (χ0v) is 17.5. The second kappa shape index (κ2) is 10.3. The Bertz CT molecular complexity index is 808. The number of hydrogen-bond donors (Lipinski definition) is 2. The maximum atomic E-state index is 12.6. The summed E-state index contributed by atoms with van der Waals surface area (Å²) in [6.07, 6.45) is 1.03. The summed E-state index contributed by atoms with van der Waals surface area (Å²) in [5.74, 6) is 1.37. The summed E-state index contributed by atoms with van der Waals surface area (Å²) < 4.78 is 10.6. The average Bonchev–Trinajstić information content (AvgIpc) is 2.78. The molecule has 1 aliphatic heterocycles. The molecule has 2 N–H and O–H groups in total. The molecule has 1 unspecified atom stereocenters. The number of carbonyl (C=O) groups excluding carboxylic acids is 1. The molecule has 2 aromatic carbocycles. The normalized spacial score (nSPS) is 17.0. The summed E-state index contributed by atoms with van der Waals surface area (Å²) in [5, 5.41) is 6.48. The van der Waals surface area contributed by atoms with Gasteiger partial charge < -0.3 is 20.1 Å². The topological polar surface area (TPSA) is 62.8 Å². The van der Waals surface area contributed by atoms with Crippen LogP contribution < -0.4 is 20.1 Å². The lowest BCUT2D eigenvalue weighted by Gasteiger charge is -2.36. The molecule has 0 spiro atoms. The first-order chi connectivity index (χ1) is 14.1. The van der Waals surface area contributed by atoms with Crippen LogP contribution in [-0.4, -0.2) is 51.2 Å². The monoisotopic (exact) mass is 397 g/mol. The first-order valence-corrected chi connectivity index (χ1v) is 10.2. The number of benzene rings is 2. The van der Waals surface area contributed by atoms with Gasteiger partial charge in [-0.25, -0.2) is 0 Å². The van der Waals surface area contributed by atoms with Crippen molar-refractivity contribution in [1.29, 1.82) is 0 Å². The van der Waals surface area contributed by atoms with E-state index in [1.807, 2.05) is 18.2 Å². The lowest BCUT2D eigenvalue weighted by atomic mass is 10.0. The van der Waals surface area contributed by atoms with E-state index >= 15 is 0 Å². The van der Waals surface area contributed by atoms with Crippen molar-refractivity contribution in [3.8, 4) is 11.5 Å². The van der Waals surface area contributed by atoms with Crippen molar-refractivity contribution in [3.05, 3.63) is 59.2 Å². The molecular weight excluding hydrogens is 366 g/mol. The smallest absolute Gasteiger partial charge is 0.234 e. The number of nitrogens with one attached hydrogen (secondary N) is 2. The molecule has 1 atom stereocenters. The number of piperazine rings is 1. The highest BCUT2D eigenvalue weighted by atomic mass is 16.5. The van der Waals surface area contributed by atoms with Crippen LogP contribution in [0.15, 0.2) is 42.5 Å². The number of amides is 1. The van der Waals surface area contributed by atoms with Gasteiger partial charge in [0.2, 0.25) is 5.91 Å². The minimum atomic E-state index is 0.0249. The fourth-order valence-electron chi connectivity index (χ4n) is 3.67. The van der Waals surface area contributed by atoms with Gasteiger partial charge in [-0.05, 0) is 35.2 Å². The summed E-state index contributed by atoms with van der Waals surface area (Å²) in [4.78, 5) is 14.9. The Morgan fingerprint density at radius 1 is 1.10 bits per heavy atom. The van der Waals surface area contributed by atoms with Gasteiger partial charge in [0.25, 0.3) is 0 Å². The molecule has 1 heterocycles. The van der Waals surface area contributed by atoms with Gasteiger partial charge in [0.15, 0.2) is 11.5 Å². The van der Waals surface area contributed by atoms with E-state index in [1.165, 1.54) is 11.1 Å². The Kier molecular flexibility index (Phi) is 7.49. The third kappa shape index (κ3) is 5.49.